The fraction of sp³-hybridized carbons (Fsp3) is 0.421. The zero-order valence-electron chi connectivity index (χ0n) is 15.3. The fourth-order valence-corrected chi connectivity index (χ4v) is 5.15. The quantitative estimate of drug-likeness (QED) is 0.739. The van der Waals surface area contributed by atoms with Crippen LogP contribution in [-0.4, -0.2) is 43.4 Å². The summed E-state index contributed by atoms with van der Waals surface area (Å²) >= 11 is 6.15. The summed E-state index contributed by atoms with van der Waals surface area (Å²) in [7, 11) is -3.78. The maximum atomic E-state index is 13.0. The number of rotatable bonds is 6. The van der Waals surface area contributed by atoms with Crippen LogP contribution in [0.4, 0.5) is 0 Å². The lowest BCUT2D eigenvalue weighted by molar-refractivity contribution is 0.0901. The smallest absolute Gasteiger partial charge is 0.251 e. The van der Waals surface area contributed by atoms with Crippen molar-refractivity contribution in [3.63, 3.8) is 0 Å². The van der Waals surface area contributed by atoms with E-state index in [9.17, 15) is 18.3 Å². The summed E-state index contributed by atoms with van der Waals surface area (Å²) in [6, 6.07) is 7.39. The molecular weight excluding hydrogens is 404 g/mol. The summed E-state index contributed by atoms with van der Waals surface area (Å²) < 4.78 is 32.5. The van der Waals surface area contributed by atoms with E-state index in [2.05, 4.69) is 5.32 Å². The maximum Gasteiger partial charge on any atom is 0.251 e. The number of carbonyl (C=O) groups is 1. The molecule has 1 atom stereocenters. The average molecular weight is 427 g/mol. The Morgan fingerprint density at radius 3 is 2.57 bits per heavy atom. The summed E-state index contributed by atoms with van der Waals surface area (Å²) in [5.74, 6) is -0.171. The molecule has 152 valence electrons. The van der Waals surface area contributed by atoms with Gasteiger partial charge in [-0.25, -0.2) is 8.42 Å². The first-order valence-electron chi connectivity index (χ1n) is 9.19. The van der Waals surface area contributed by atoms with Gasteiger partial charge in [0.05, 0.1) is 17.8 Å². The molecule has 1 aromatic carbocycles. The number of carbonyl (C=O) groups excluding carboxylic acids is 1. The number of amides is 1. The number of hydrogen-bond donors (Lipinski definition) is 2. The average Bonchev–Trinajstić information content (AvgIpc) is 3.07. The van der Waals surface area contributed by atoms with Crippen molar-refractivity contribution in [1.29, 1.82) is 0 Å². The molecular formula is C19H23ClN2O5S. The van der Waals surface area contributed by atoms with Gasteiger partial charge < -0.3 is 14.8 Å². The van der Waals surface area contributed by atoms with Crippen LogP contribution in [0.5, 0.6) is 0 Å². The molecule has 1 aliphatic heterocycles. The first kappa shape index (κ1) is 20.9. The van der Waals surface area contributed by atoms with Crippen molar-refractivity contribution in [2.75, 3.05) is 19.6 Å². The van der Waals surface area contributed by atoms with E-state index < -0.39 is 22.0 Å². The minimum atomic E-state index is -3.78. The van der Waals surface area contributed by atoms with Crippen LogP contribution in [-0.2, 0) is 10.0 Å². The molecule has 9 heteroatoms. The lowest BCUT2D eigenvalue weighted by Crippen LogP contribution is -2.32. The fourth-order valence-electron chi connectivity index (χ4n) is 3.14. The molecule has 2 N–H and O–H groups in total. The van der Waals surface area contributed by atoms with Crippen molar-refractivity contribution in [2.24, 2.45) is 0 Å². The predicted molar refractivity (Wildman–Crippen MR) is 105 cm³/mol. The molecule has 1 amide bonds. The highest BCUT2D eigenvalue weighted by Crippen LogP contribution is 2.27. The first-order chi connectivity index (χ1) is 13.4. The second-order valence-electron chi connectivity index (χ2n) is 6.70. The molecule has 2 heterocycles. The van der Waals surface area contributed by atoms with Gasteiger partial charge in [-0.3, -0.25) is 4.79 Å². The topological polar surface area (TPSA) is 99.8 Å². The third kappa shape index (κ3) is 4.75. The van der Waals surface area contributed by atoms with E-state index >= 15 is 0 Å². The van der Waals surface area contributed by atoms with Crippen LogP contribution in [0.25, 0.3) is 0 Å². The van der Waals surface area contributed by atoms with Gasteiger partial charge in [0, 0.05) is 18.7 Å². The SMILES string of the molecule is O=C(NCC(O)c1ccco1)c1ccc(Cl)c(S(=O)(=O)N2CCCCCC2)c1. The summed E-state index contributed by atoms with van der Waals surface area (Å²) in [5, 5.41) is 12.7. The molecule has 1 unspecified atom stereocenters. The molecule has 0 bridgehead atoms. The van der Waals surface area contributed by atoms with Crippen LogP contribution in [0, 0.1) is 0 Å². The number of nitrogens with one attached hydrogen (secondary N) is 1. The lowest BCUT2D eigenvalue weighted by Gasteiger charge is -2.21. The Morgan fingerprint density at radius 2 is 1.93 bits per heavy atom. The van der Waals surface area contributed by atoms with Gasteiger partial charge in [-0.15, -0.1) is 0 Å². The van der Waals surface area contributed by atoms with Gasteiger partial charge in [-0.05, 0) is 43.2 Å². The van der Waals surface area contributed by atoms with Crippen molar-refractivity contribution in [2.45, 2.75) is 36.7 Å². The summed E-state index contributed by atoms with van der Waals surface area (Å²) in [5.41, 5.74) is 0.157. The van der Waals surface area contributed by atoms with Crippen molar-refractivity contribution in [1.82, 2.24) is 9.62 Å². The second-order valence-corrected chi connectivity index (χ2v) is 9.02. The summed E-state index contributed by atoms with van der Waals surface area (Å²) in [6.45, 7) is 0.831. The molecule has 0 radical (unpaired) electrons. The monoisotopic (exact) mass is 426 g/mol. The Hall–Kier alpha value is -1.87. The predicted octanol–water partition coefficient (Wildman–Crippen LogP) is 2.96. The molecule has 0 spiro atoms. The highest BCUT2D eigenvalue weighted by molar-refractivity contribution is 7.89. The lowest BCUT2D eigenvalue weighted by atomic mass is 10.2. The highest BCUT2D eigenvalue weighted by atomic mass is 35.5. The maximum absolute atomic E-state index is 13.0. The third-order valence-electron chi connectivity index (χ3n) is 4.70. The van der Waals surface area contributed by atoms with Crippen molar-refractivity contribution in [3.8, 4) is 0 Å². The molecule has 2 aromatic rings. The van der Waals surface area contributed by atoms with Gasteiger partial charge in [0.2, 0.25) is 10.0 Å². The van der Waals surface area contributed by atoms with Gasteiger partial charge in [-0.2, -0.15) is 4.31 Å². The third-order valence-corrected chi connectivity index (χ3v) is 7.08. The highest BCUT2D eigenvalue weighted by Gasteiger charge is 2.28. The van der Waals surface area contributed by atoms with Crippen LogP contribution in [0.1, 0.15) is 47.9 Å². The van der Waals surface area contributed by atoms with E-state index in [0.29, 0.717) is 18.8 Å². The number of nitrogens with zero attached hydrogens (tertiary/aromatic N) is 1. The number of sulfonamides is 1. The molecule has 1 aromatic heterocycles. The Labute approximate surface area is 169 Å². The molecule has 3 rings (SSSR count). The summed E-state index contributed by atoms with van der Waals surface area (Å²) in [4.78, 5) is 12.4. The van der Waals surface area contributed by atoms with Gasteiger partial charge in [0.1, 0.15) is 16.8 Å². The number of aliphatic hydroxyl groups excluding tert-OH is 1. The van der Waals surface area contributed by atoms with Gasteiger partial charge in [0.15, 0.2) is 0 Å². The second kappa shape index (κ2) is 9.09. The van der Waals surface area contributed by atoms with Crippen LogP contribution < -0.4 is 5.32 Å². The van der Waals surface area contributed by atoms with E-state index in [1.54, 1.807) is 12.1 Å². The molecule has 7 nitrogen and oxygen atoms in total. The van der Waals surface area contributed by atoms with Crippen LogP contribution in [0.15, 0.2) is 45.9 Å². The van der Waals surface area contributed by atoms with Gasteiger partial charge in [-0.1, -0.05) is 24.4 Å². The molecule has 0 aliphatic carbocycles. The van der Waals surface area contributed by atoms with E-state index in [1.807, 2.05) is 0 Å². The summed E-state index contributed by atoms with van der Waals surface area (Å²) in [6.07, 6.45) is 4.05. The van der Waals surface area contributed by atoms with Crippen molar-refractivity contribution in [3.05, 3.63) is 52.9 Å². The van der Waals surface area contributed by atoms with E-state index in [-0.39, 0.29) is 22.0 Å². The molecule has 1 fully saturated rings. The van der Waals surface area contributed by atoms with Crippen molar-refractivity contribution < 1.29 is 22.7 Å². The molecule has 1 aliphatic rings. The van der Waals surface area contributed by atoms with E-state index in [1.165, 1.54) is 28.8 Å². The number of aliphatic hydroxyl groups is 1. The Morgan fingerprint density at radius 1 is 1.21 bits per heavy atom. The molecule has 28 heavy (non-hydrogen) atoms. The van der Waals surface area contributed by atoms with Gasteiger partial charge in [0.25, 0.3) is 5.91 Å². The zero-order valence-corrected chi connectivity index (χ0v) is 16.9. The number of furan rings is 1. The minimum absolute atomic E-state index is 0.0663. The largest absolute Gasteiger partial charge is 0.467 e. The van der Waals surface area contributed by atoms with E-state index in [4.69, 9.17) is 16.0 Å². The normalized spacial score (nSPS) is 17.1. The zero-order chi connectivity index (χ0) is 20.1. The van der Waals surface area contributed by atoms with Crippen LogP contribution in [0.2, 0.25) is 5.02 Å². The Bertz CT molecular complexity index is 906. The van der Waals surface area contributed by atoms with Crippen molar-refractivity contribution >= 4 is 27.5 Å². The van der Waals surface area contributed by atoms with Gasteiger partial charge >= 0.3 is 0 Å². The number of hydrogen-bond acceptors (Lipinski definition) is 5. The van der Waals surface area contributed by atoms with Crippen LogP contribution in [0.3, 0.4) is 0 Å². The minimum Gasteiger partial charge on any atom is -0.467 e. The Kier molecular flexibility index (Phi) is 6.77. The van der Waals surface area contributed by atoms with E-state index in [0.717, 1.165) is 25.7 Å². The molecule has 0 saturated carbocycles. The van der Waals surface area contributed by atoms with Crippen LogP contribution >= 0.6 is 11.6 Å². The standard InChI is InChI=1S/C19H23ClN2O5S/c20-15-8-7-14(19(24)21-13-16(23)17-6-5-11-27-17)12-18(15)28(25,26)22-9-3-1-2-4-10-22/h5-8,11-12,16,23H,1-4,9-10,13H2,(H,21,24). The number of halogens is 1. The first-order valence-corrected chi connectivity index (χ1v) is 11.0. The number of benzene rings is 1. The Balaban J connectivity index is 1.75. The molecule has 1 saturated heterocycles.